The molecule has 47 atom stereocenters. The van der Waals surface area contributed by atoms with Crippen LogP contribution in [0.3, 0.4) is 0 Å². The summed E-state index contributed by atoms with van der Waals surface area (Å²) in [6, 6.07) is -7.45. The van der Waals surface area contributed by atoms with Gasteiger partial charge in [0.05, 0.1) is 83.8 Å². The number of carbonyl (C=O) groups is 6. The van der Waals surface area contributed by atoms with Crippen LogP contribution >= 0.6 is 0 Å². The second kappa shape index (κ2) is 43.9. The molecule has 0 aromatic carbocycles. The van der Waals surface area contributed by atoms with Gasteiger partial charge in [0.2, 0.25) is 23.6 Å². The fourth-order valence-electron chi connectivity index (χ4n) is 15.7. The monoisotopic (exact) mass is 1820 g/mol. The highest BCUT2D eigenvalue weighted by molar-refractivity contribution is 5.78. The largest absolute Gasteiger partial charge is 0.477 e. The van der Waals surface area contributed by atoms with Gasteiger partial charge in [-0.1, -0.05) is 0 Å². The van der Waals surface area contributed by atoms with Crippen LogP contribution in [-0.4, -0.2) is 530 Å². The molecule has 56 heteroatoms. The van der Waals surface area contributed by atoms with Crippen LogP contribution in [0.1, 0.15) is 40.5 Å². The quantitative estimate of drug-likeness (QED) is 0.0280. The molecule has 33 N–H and O–H groups in total. The number of carboxylic acid groups (broad SMARTS) is 2. The van der Waals surface area contributed by atoms with Gasteiger partial charge >= 0.3 is 11.9 Å². The lowest BCUT2D eigenvalue weighted by atomic mass is 9.88. The van der Waals surface area contributed by atoms with E-state index in [0.717, 1.165) is 27.7 Å². The van der Waals surface area contributed by atoms with Gasteiger partial charge in [-0.3, -0.25) is 19.2 Å². The van der Waals surface area contributed by atoms with Crippen molar-refractivity contribution in [3.63, 3.8) is 0 Å². The predicted molar refractivity (Wildman–Crippen MR) is 378 cm³/mol. The van der Waals surface area contributed by atoms with Crippen LogP contribution in [0.2, 0.25) is 0 Å². The molecule has 9 aliphatic heterocycles. The minimum Gasteiger partial charge on any atom is -0.477 e. The van der Waals surface area contributed by atoms with Crippen LogP contribution in [-0.2, 0) is 109 Å². The second-order valence-electron chi connectivity index (χ2n) is 31.1. The SMILES string of the molecule is CC(=O)N[C@H]1[C@H](O[C@@H]2[C@@H](O[C@@H]3[C@H](O)[C@@H](O)O[C@H](CO[C@H]4O[C@H](CO)[C@@H](O)[C@H](O)[C@@H]4O[C@@H]4O[C@H](CO)[C@@H](O[C@@H]5O[C@H](CO)[C@H](O)[C@H](O[C@]6(C(=O)O)C[C@H](O)[C@@H](NC(C)=O)[C@H]([C@H](O)[C@H](O)CO)O6)[C@H]5O)[C@H](O)[C@H]4NC(C)=O)[C@H]3O)O[C@H](CO)[C@@H](O)[C@@H]2O)O[C@H](CO)[C@@H](O[C@@H]2O[C@H](CO[C@]3(C(=O)O)C[C@H](O)[C@@H](NC(C)=O)[C@H]([C@H](O)[C@H](O)CO)O3)[C@H](O)[C@H](O)[C@H]2O)[C@@H]1O. The van der Waals surface area contributed by atoms with E-state index in [-0.39, 0.29) is 0 Å². The molecular weight excluding hydrogens is 1700 g/mol. The van der Waals surface area contributed by atoms with Crippen molar-refractivity contribution in [1.82, 2.24) is 21.3 Å². The highest BCUT2D eigenvalue weighted by Crippen LogP contribution is 2.43. The van der Waals surface area contributed by atoms with E-state index in [4.69, 9.17) is 80.5 Å². The van der Waals surface area contributed by atoms with Crippen LogP contribution in [0.15, 0.2) is 0 Å². The Morgan fingerprint density at radius 1 is 0.339 bits per heavy atom. The summed E-state index contributed by atoms with van der Waals surface area (Å²) >= 11 is 0. The molecule has 0 radical (unpaired) electrons. The van der Waals surface area contributed by atoms with Crippen molar-refractivity contribution in [2.45, 2.75) is 328 Å². The van der Waals surface area contributed by atoms with E-state index in [0.29, 0.717) is 0 Å². The molecule has 9 rings (SSSR count). The Kier molecular flexibility index (Phi) is 36.4. The number of aliphatic hydroxyl groups is 27. The average molecular weight is 1820 g/mol. The smallest absolute Gasteiger partial charge is 0.364 e. The second-order valence-corrected chi connectivity index (χ2v) is 31.1. The molecular formula is C68H112N4O52. The zero-order valence-electron chi connectivity index (χ0n) is 66.1. The molecule has 9 heterocycles. The van der Waals surface area contributed by atoms with Gasteiger partial charge in [-0.15, -0.1) is 0 Å². The van der Waals surface area contributed by atoms with E-state index in [1.807, 2.05) is 0 Å². The lowest BCUT2D eigenvalue weighted by molar-refractivity contribution is -0.393. The van der Waals surface area contributed by atoms with Crippen molar-refractivity contribution in [3.8, 4) is 0 Å². The van der Waals surface area contributed by atoms with Gasteiger partial charge in [0.15, 0.2) is 44.0 Å². The number of carbonyl (C=O) groups excluding carboxylic acids is 4. The highest BCUT2D eigenvalue weighted by atomic mass is 16.8. The molecule has 9 fully saturated rings. The van der Waals surface area contributed by atoms with Gasteiger partial charge in [-0.05, 0) is 0 Å². The maximum Gasteiger partial charge on any atom is 0.364 e. The van der Waals surface area contributed by atoms with Gasteiger partial charge in [-0.2, -0.15) is 0 Å². The molecule has 0 unspecified atom stereocenters. The first-order valence-corrected chi connectivity index (χ1v) is 38.9. The van der Waals surface area contributed by atoms with Crippen molar-refractivity contribution < 1.29 is 257 Å². The van der Waals surface area contributed by atoms with E-state index in [1.165, 1.54) is 0 Å². The average Bonchev–Trinajstić information content (AvgIpc) is 0.777. The van der Waals surface area contributed by atoms with Crippen molar-refractivity contribution in [1.29, 1.82) is 0 Å². The molecule has 0 aromatic rings. The molecule has 4 amide bonds. The first-order chi connectivity index (χ1) is 58.3. The van der Waals surface area contributed by atoms with Gasteiger partial charge < -0.3 is 250 Å². The summed E-state index contributed by atoms with van der Waals surface area (Å²) in [6.07, 6.45) is -92.6. The molecule has 0 bridgehead atoms. The van der Waals surface area contributed by atoms with Crippen molar-refractivity contribution in [2.75, 3.05) is 59.5 Å². The number of ether oxygens (including phenoxy) is 17. The van der Waals surface area contributed by atoms with Crippen molar-refractivity contribution in [3.05, 3.63) is 0 Å². The Hall–Kier alpha value is -4.94. The van der Waals surface area contributed by atoms with E-state index in [2.05, 4.69) is 21.3 Å². The number of rotatable bonds is 35. The topological polar surface area (TPSA) is 894 Å². The summed E-state index contributed by atoms with van der Waals surface area (Å²) < 4.78 is 98.6. The number of hydrogen-bond acceptors (Lipinski definition) is 50. The molecule has 124 heavy (non-hydrogen) atoms. The normalized spacial score (nSPS) is 46.3. The summed E-state index contributed by atoms with van der Waals surface area (Å²) in [6.45, 7) is -6.93. The molecule has 0 aromatic heterocycles. The lowest BCUT2D eigenvalue weighted by Crippen LogP contribution is -2.71. The van der Waals surface area contributed by atoms with Gasteiger partial charge in [0.1, 0.15) is 207 Å². The molecule has 9 aliphatic rings. The number of aliphatic hydroxyl groups excluding tert-OH is 27. The molecule has 0 saturated carbocycles. The molecule has 9 saturated heterocycles. The molecule has 716 valence electrons. The standard InChI is InChI=1S/C68H112N4O52/c1-16(80)69-31-20(84)5-67(65(104)105,122-52(31)35(88)22(86)7-73)109-15-30-39(92)44(97)47(100)61(116-30)117-50-27(12-78)115-60(34(42(50)95)72-19(4)83)121-57-46(99)38(91)25(10-76)113-64(57)119-54-41(94)29(110-58(103)48(54)101)14-108-63-56(45(98)37(90)24(9-75)112-63)120-59-33(71-18(3)82)43(96)51(28(13-79)114-59)118-62-49(102)55(40(93)26(11-77)111-62)124-68(66(106)107)6-21(85)32(70-17(2)81)53(123-68)36(89)23(87)8-74/h20-64,73-79,84-103H,5-15H2,1-4H3,(H,69,80)(H,70,81)(H,71,82)(H,72,83)(H,104,105)(H,106,107)/t20-,21-,22+,23+,24+,25+,26+,27+,28+,29+,30+,31+,32+,33+,34+,35+,36+,37+,38+,39-,40-,41+,42+,43+,44-,45-,46-,47+,48-,49+,50+,51+,52+,53+,54-,55-,56-,57-,58-,59-,60-,61-,62-,63-,64+,67+,68-/m0/s1. The Morgan fingerprint density at radius 2 is 0.685 bits per heavy atom. The zero-order chi connectivity index (χ0) is 92.1. The fraction of sp³-hybridized carbons (Fsp3) is 0.912. The highest BCUT2D eigenvalue weighted by Gasteiger charge is 2.64. The molecule has 56 nitrogen and oxygen atoms in total. The molecule has 0 aliphatic carbocycles. The number of carboxylic acids is 2. The minimum absolute atomic E-state index is 0.837. The van der Waals surface area contributed by atoms with Crippen LogP contribution in [0.5, 0.6) is 0 Å². The van der Waals surface area contributed by atoms with E-state index < -0.39 is 395 Å². The number of nitrogens with one attached hydrogen (secondary N) is 4. The predicted octanol–water partition coefficient (Wildman–Crippen LogP) is -21.6. The maximum absolute atomic E-state index is 13.2. The Bertz CT molecular complexity index is 3450. The Labute approximate surface area is 699 Å². The summed E-state index contributed by atoms with van der Waals surface area (Å²) in [5.74, 6) is -14.3. The first kappa shape index (κ1) is 103. The number of amides is 4. The molecule has 0 spiro atoms. The maximum atomic E-state index is 13.2. The summed E-state index contributed by atoms with van der Waals surface area (Å²) in [4.78, 5) is 76.3. The van der Waals surface area contributed by atoms with Gasteiger partial charge in [-0.25, -0.2) is 9.59 Å². The summed E-state index contributed by atoms with van der Waals surface area (Å²) in [5, 5.41) is 329. The van der Waals surface area contributed by atoms with Crippen LogP contribution in [0, 0.1) is 0 Å². The van der Waals surface area contributed by atoms with E-state index >= 15 is 0 Å². The zero-order valence-corrected chi connectivity index (χ0v) is 66.1. The number of aliphatic carboxylic acids is 2. The fourth-order valence-corrected chi connectivity index (χ4v) is 15.7. The van der Waals surface area contributed by atoms with Crippen LogP contribution < -0.4 is 21.3 Å². The van der Waals surface area contributed by atoms with Crippen LogP contribution in [0.4, 0.5) is 0 Å². The summed E-state index contributed by atoms with van der Waals surface area (Å²) in [7, 11) is 0. The first-order valence-electron chi connectivity index (χ1n) is 38.9. The van der Waals surface area contributed by atoms with Crippen molar-refractivity contribution in [2.24, 2.45) is 0 Å². The van der Waals surface area contributed by atoms with Crippen LogP contribution in [0.25, 0.3) is 0 Å². The lowest BCUT2D eigenvalue weighted by Gasteiger charge is -2.51. The van der Waals surface area contributed by atoms with Gasteiger partial charge in [0, 0.05) is 40.5 Å². The van der Waals surface area contributed by atoms with Gasteiger partial charge in [0.25, 0.3) is 11.6 Å². The third-order valence-electron chi connectivity index (χ3n) is 22.3. The third kappa shape index (κ3) is 22.4. The summed E-state index contributed by atoms with van der Waals surface area (Å²) in [5.41, 5.74) is 0. The number of hydrogen-bond donors (Lipinski definition) is 33. The van der Waals surface area contributed by atoms with Crippen molar-refractivity contribution >= 4 is 35.6 Å². The van der Waals surface area contributed by atoms with E-state index in [1.54, 1.807) is 0 Å². The minimum atomic E-state index is -3.28. The Balaban J connectivity index is 0.906. The third-order valence-corrected chi connectivity index (χ3v) is 22.3. The van der Waals surface area contributed by atoms with E-state index in [9.17, 15) is 177 Å². The Morgan fingerprint density at radius 3 is 1.12 bits per heavy atom.